The Bertz CT molecular complexity index is 231. The van der Waals surface area contributed by atoms with E-state index in [-0.39, 0.29) is 0 Å². The quantitative estimate of drug-likeness (QED) is 0.781. The third-order valence-electron chi connectivity index (χ3n) is 2.04. The summed E-state index contributed by atoms with van der Waals surface area (Å²) >= 11 is 0. The van der Waals surface area contributed by atoms with Crippen molar-refractivity contribution >= 4 is 6.03 Å². The molecule has 0 bridgehead atoms. The molecule has 0 aliphatic heterocycles. The molecule has 0 saturated heterocycles. The maximum atomic E-state index is 11.9. The number of halogens is 3. The summed E-state index contributed by atoms with van der Waals surface area (Å²) in [7, 11) is 3.69. The van der Waals surface area contributed by atoms with Gasteiger partial charge in [0.25, 0.3) is 0 Å². The van der Waals surface area contributed by atoms with E-state index in [1.165, 1.54) is 4.90 Å². The lowest BCUT2D eigenvalue weighted by atomic mass is 10.4. The second kappa shape index (κ2) is 7.37. The molecule has 0 aliphatic rings. The molecule has 0 aromatic rings. The molecule has 0 saturated carbocycles. The Labute approximate surface area is 99.8 Å². The van der Waals surface area contributed by atoms with Crippen LogP contribution >= 0.6 is 0 Å². The van der Waals surface area contributed by atoms with Gasteiger partial charge in [-0.25, -0.2) is 4.79 Å². The van der Waals surface area contributed by atoms with E-state index in [0.717, 1.165) is 0 Å². The lowest BCUT2D eigenvalue weighted by Crippen LogP contribution is -2.46. The number of likely N-dealkylation sites (N-methyl/N-ethyl adjacent to an activating group) is 1. The average Bonchev–Trinajstić information content (AvgIpc) is 2.19. The number of nitrogens with zero attached hydrogens (tertiary/aromatic N) is 2. The molecular formula is C10H20F3N3O. The number of rotatable bonds is 6. The minimum atomic E-state index is -4.37. The minimum absolute atomic E-state index is 0.421. The van der Waals surface area contributed by atoms with Gasteiger partial charge >= 0.3 is 12.2 Å². The highest BCUT2D eigenvalue weighted by atomic mass is 19.4. The van der Waals surface area contributed by atoms with Crippen molar-refractivity contribution in [2.45, 2.75) is 19.5 Å². The van der Waals surface area contributed by atoms with Gasteiger partial charge in [0.05, 0.1) is 0 Å². The van der Waals surface area contributed by atoms with Crippen molar-refractivity contribution < 1.29 is 18.0 Å². The van der Waals surface area contributed by atoms with Gasteiger partial charge in [0.15, 0.2) is 0 Å². The lowest BCUT2D eigenvalue weighted by Gasteiger charge is -2.24. The van der Waals surface area contributed by atoms with Gasteiger partial charge in [-0.05, 0) is 20.5 Å². The van der Waals surface area contributed by atoms with E-state index in [2.05, 4.69) is 0 Å². The first-order valence-electron chi connectivity index (χ1n) is 5.50. The first-order chi connectivity index (χ1) is 7.76. The zero-order valence-electron chi connectivity index (χ0n) is 10.5. The molecule has 0 rings (SSSR count). The Morgan fingerprint density at radius 1 is 1.18 bits per heavy atom. The topological polar surface area (TPSA) is 35.6 Å². The van der Waals surface area contributed by atoms with Crippen LogP contribution in [0, 0.1) is 0 Å². The molecule has 7 heteroatoms. The molecule has 1 N–H and O–H groups in total. The van der Waals surface area contributed by atoms with Crippen LogP contribution in [0.1, 0.15) is 13.3 Å². The minimum Gasteiger partial charge on any atom is -0.329 e. The van der Waals surface area contributed by atoms with Crippen molar-refractivity contribution in [1.82, 2.24) is 15.1 Å². The van der Waals surface area contributed by atoms with E-state index in [1.54, 1.807) is 0 Å². The van der Waals surface area contributed by atoms with Gasteiger partial charge in [0.2, 0.25) is 0 Å². The van der Waals surface area contributed by atoms with Crippen LogP contribution in [-0.2, 0) is 0 Å². The number of carbonyl (C=O) groups excluding carboxylic acids is 1. The van der Waals surface area contributed by atoms with Crippen LogP contribution in [0.15, 0.2) is 0 Å². The largest absolute Gasteiger partial charge is 0.405 e. The second-order valence-corrected chi connectivity index (χ2v) is 4.06. The third kappa shape index (κ3) is 8.79. The number of amides is 2. The van der Waals surface area contributed by atoms with Gasteiger partial charge in [-0.15, -0.1) is 0 Å². The summed E-state index contributed by atoms with van der Waals surface area (Å²) in [5, 5.41) is 1.87. The summed E-state index contributed by atoms with van der Waals surface area (Å²) < 4.78 is 35.8. The Balaban J connectivity index is 4.14. The zero-order chi connectivity index (χ0) is 13.5. The van der Waals surface area contributed by atoms with E-state index in [0.29, 0.717) is 26.1 Å². The summed E-state index contributed by atoms with van der Waals surface area (Å²) in [6, 6.07) is -0.661. The molecule has 0 radical (unpaired) electrons. The van der Waals surface area contributed by atoms with Crippen LogP contribution in [-0.4, -0.2) is 62.3 Å². The van der Waals surface area contributed by atoms with E-state index in [9.17, 15) is 18.0 Å². The van der Waals surface area contributed by atoms with Gasteiger partial charge in [-0.2, -0.15) is 13.2 Å². The van der Waals surface area contributed by atoms with Crippen molar-refractivity contribution in [3.8, 4) is 0 Å². The molecule has 102 valence electrons. The molecule has 0 aromatic heterocycles. The third-order valence-corrected chi connectivity index (χ3v) is 2.04. The number of hydrogen-bond acceptors (Lipinski definition) is 2. The highest BCUT2D eigenvalue weighted by Gasteiger charge is 2.28. The molecule has 0 fully saturated rings. The molecule has 0 unspecified atom stereocenters. The fraction of sp³-hybridized carbons (Fsp3) is 0.900. The molecule has 17 heavy (non-hydrogen) atoms. The summed E-state index contributed by atoms with van der Waals surface area (Å²) in [6.45, 7) is 2.09. The lowest BCUT2D eigenvalue weighted by molar-refractivity contribution is -0.123. The molecule has 0 heterocycles. The Hall–Kier alpha value is -0.980. The highest BCUT2D eigenvalue weighted by Crippen LogP contribution is 2.12. The van der Waals surface area contributed by atoms with Gasteiger partial charge in [0.1, 0.15) is 6.54 Å². The van der Waals surface area contributed by atoms with Crippen LogP contribution in [0.2, 0.25) is 0 Å². The van der Waals surface area contributed by atoms with E-state index >= 15 is 0 Å². The van der Waals surface area contributed by atoms with Crippen molar-refractivity contribution in [2.75, 3.05) is 40.3 Å². The van der Waals surface area contributed by atoms with Crippen molar-refractivity contribution in [2.24, 2.45) is 0 Å². The van der Waals surface area contributed by atoms with E-state index in [1.807, 2.05) is 31.2 Å². The van der Waals surface area contributed by atoms with Crippen molar-refractivity contribution in [3.05, 3.63) is 0 Å². The maximum absolute atomic E-state index is 11.9. The predicted molar refractivity (Wildman–Crippen MR) is 59.9 cm³/mol. The van der Waals surface area contributed by atoms with Gasteiger partial charge in [-0.3, -0.25) is 0 Å². The molecule has 4 nitrogen and oxygen atoms in total. The summed E-state index contributed by atoms with van der Waals surface area (Å²) in [5.74, 6) is 0. The number of carbonyl (C=O) groups is 1. The number of alkyl halides is 3. The van der Waals surface area contributed by atoms with Crippen LogP contribution in [0.3, 0.4) is 0 Å². The van der Waals surface area contributed by atoms with E-state index < -0.39 is 18.8 Å². The number of urea groups is 1. The first-order valence-corrected chi connectivity index (χ1v) is 5.50. The van der Waals surface area contributed by atoms with Gasteiger partial charge in [0, 0.05) is 19.6 Å². The second-order valence-electron chi connectivity index (χ2n) is 4.06. The summed E-state index contributed by atoms with van der Waals surface area (Å²) in [4.78, 5) is 14.8. The van der Waals surface area contributed by atoms with Crippen LogP contribution in [0.5, 0.6) is 0 Å². The fourth-order valence-corrected chi connectivity index (χ4v) is 1.19. The fourth-order valence-electron chi connectivity index (χ4n) is 1.19. The average molecular weight is 255 g/mol. The smallest absolute Gasteiger partial charge is 0.329 e. The molecule has 2 amide bonds. The van der Waals surface area contributed by atoms with Crippen LogP contribution in [0.4, 0.5) is 18.0 Å². The monoisotopic (exact) mass is 255 g/mol. The number of hydrogen-bond donors (Lipinski definition) is 1. The molecule has 0 atom stereocenters. The normalized spacial score (nSPS) is 11.7. The number of nitrogens with one attached hydrogen (secondary N) is 1. The SMILES string of the molecule is CCCN(CCN(C)C)C(=O)NCC(F)(F)F. The van der Waals surface area contributed by atoms with Gasteiger partial charge in [-0.1, -0.05) is 6.92 Å². The van der Waals surface area contributed by atoms with Gasteiger partial charge < -0.3 is 15.1 Å². The maximum Gasteiger partial charge on any atom is 0.405 e. The Morgan fingerprint density at radius 3 is 2.18 bits per heavy atom. The molecule has 0 aromatic carbocycles. The first kappa shape index (κ1) is 16.0. The zero-order valence-corrected chi connectivity index (χ0v) is 10.5. The van der Waals surface area contributed by atoms with Crippen molar-refractivity contribution in [3.63, 3.8) is 0 Å². The van der Waals surface area contributed by atoms with E-state index in [4.69, 9.17) is 0 Å². The molecular weight excluding hydrogens is 235 g/mol. The summed E-state index contributed by atoms with van der Waals surface area (Å²) in [6.07, 6.45) is -3.65. The predicted octanol–water partition coefficient (Wildman–Crippen LogP) is 1.53. The van der Waals surface area contributed by atoms with Crippen LogP contribution in [0.25, 0.3) is 0 Å². The van der Waals surface area contributed by atoms with Crippen molar-refractivity contribution in [1.29, 1.82) is 0 Å². The molecule has 0 aliphatic carbocycles. The summed E-state index contributed by atoms with van der Waals surface area (Å²) in [5.41, 5.74) is 0. The Morgan fingerprint density at radius 2 is 1.76 bits per heavy atom. The van der Waals surface area contributed by atoms with Crippen LogP contribution < -0.4 is 5.32 Å². The molecule has 0 spiro atoms. The standard InChI is InChI=1S/C10H20F3N3O/c1-4-5-16(7-6-15(2)3)9(17)14-8-10(11,12)13/h4-8H2,1-3H3,(H,14,17). The Kier molecular flexibility index (Phi) is 6.94. The highest BCUT2D eigenvalue weighted by molar-refractivity contribution is 5.74.